The molecule has 184 valence electrons. The van der Waals surface area contributed by atoms with E-state index in [0.717, 1.165) is 74.7 Å². The average Bonchev–Trinajstić information content (AvgIpc) is 3.24. The molecule has 0 bridgehead atoms. The molecule has 0 atom stereocenters. The van der Waals surface area contributed by atoms with E-state index in [4.69, 9.17) is 14.5 Å². The summed E-state index contributed by atoms with van der Waals surface area (Å²) in [6.45, 7) is 17.9. The first-order valence-electron chi connectivity index (χ1n) is 11.8. The lowest BCUT2D eigenvalue weighted by Crippen LogP contribution is -2.53. The predicted molar refractivity (Wildman–Crippen MR) is 138 cm³/mol. The number of phenolic OH excluding ortho intramolecular Hbond substituents is 1. The van der Waals surface area contributed by atoms with Crippen molar-refractivity contribution in [1.29, 1.82) is 0 Å². The zero-order valence-corrected chi connectivity index (χ0v) is 22.5. The van der Waals surface area contributed by atoms with Crippen LogP contribution in [0.5, 0.6) is 5.75 Å². The Labute approximate surface area is 208 Å². The monoisotopic (exact) mass is 494 g/mol. The normalized spacial score (nSPS) is 19.8. The van der Waals surface area contributed by atoms with E-state index >= 15 is 0 Å². The molecule has 0 aliphatic carbocycles. The van der Waals surface area contributed by atoms with Gasteiger partial charge in [-0.3, -0.25) is 4.90 Å². The van der Waals surface area contributed by atoms with Crippen molar-refractivity contribution in [3.63, 3.8) is 0 Å². The lowest BCUT2D eigenvalue weighted by molar-refractivity contribution is -0.0746. The van der Waals surface area contributed by atoms with Crippen LogP contribution in [-0.4, -0.2) is 54.5 Å². The van der Waals surface area contributed by atoms with E-state index in [1.807, 2.05) is 0 Å². The highest BCUT2D eigenvalue weighted by Crippen LogP contribution is 2.44. The summed E-state index contributed by atoms with van der Waals surface area (Å²) in [5.41, 5.74) is 3.65. The number of phenols is 1. The van der Waals surface area contributed by atoms with E-state index in [1.165, 1.54) is 5.01 Å². The molecule has 1 aromatic carbocycles. The van der Waals surface area contributed by atoms with Gasteiger partial charge in [-0.15, -0.1) is 23.7 Å². The lowest BCUT2D eigenvalue weighted by atomic mass is 9.78. The van der Waals surface area contributed by atoms with Gasteiger partial charge in [-0.05, 0) is 35.8 Å². The largest absolute Gasteiger partial charge is 0.507 e. The molecule has 7 heteroatoms. The first-order chi connectivity index (χ1) is 15.0. The Morgan fingerprint density at radius 1 is 0.909 bits per heavy atom. The van der Waals surface area contributed by atoms with Crippen LogP contribution in [0.4, 0.5) is 0 Å². The standard InChI is InChI=1S/C26H38N2O3S.ClH/c1-24(2,3)19-15-18(16-20(22(19)29)25(4,5)6)21-17-32-23(27-21)26(7-11-30-12-8-26)28-9-13-31-14-10-28;/h15-17,29H,7-14H2,1-6H3;1H. The number of aromatic nitrogens is 1. The second-order valence-electron chi connectivity index (χ2n) is 11.2. The maximum absolute atomic E-state index is 11.1. The smallest absolute Gasteiger partial charge is 0.123 e. The Morgan fingerprint density at radius 3 is 1.94 bits per heavy atom. The van der Waals surface area contributed by atoms with Crippen molar-refractivity contribution in [1.82, 2.24) is 9.88 Å². The van der Waals surface area contributed by atoms with Crippen molar-refractivity contribution in [3.05, 3.63) is 33.6 Å². The number of hydrogen-bond donors (Lipinski definition) is 1. The van der Waals surface area contributed by atoms with E-state index in [0.29, 0.717) is 5.75 Å². The van der Waals surface area contributed by atoms with Crippen LogP contribution in [0.3, 0.4) is 0 Å². The maximum atomic E-state index is 11.1. The van der Waals surface area contributed by atoms with Gasteiger partial charge in [0.15, 0.2) is 0 Å². The van der Waals surface area contributed by atoms with Crippen LogP contribution in [0.2, 0.25) is 0 Å². The van der Waals surface area contributed by atoms with Crippen molar-refractivity contribution in [2.24, 2.45) is 0 Å². The number of thiazole rings is 1. The second-order valence-corrected chi connectivity index (χ2v) is 12.1. The first kappa shape index (κ1) is 26.4. The highest BCUT2D eigenvalue weighted by molar-refractivity contribution is 7.10. The third kappa shape index (κ3) is 5.25. The summed E-state index contributed by atoms with van der Waals surface area (Å²) in [7, 11) is 0. The van der Waals surface area contributed by atoms with Crippen LogP contribution in [0.1, 0.15) is 70.5 Å². The van der Waals surface area contributed by atoms with Gasteiger partial charge in [0, 0.05) is 48.4 Å². The number of rotatable bonds is 3. The number of hydrogen-bond acceptors (Lipinski definition) is 6. The molecule has 0 radical (unpaired) electrons. The minimum absolute atomic E-state index is 0. The van der Waals surface area contributed by atoms with Crippen molar-refractivity contribution in [2.75, 3.05) is 39.5 Å². The molecule has 2 fully saturated rings. The Balaban J connectivity index is 0.00000306. The minimum atomic E-state index is -0.158. The van der Waals surface area contributed by atoms with Gasteiger partial charge in [-0.25, -0.2) is 4.98 Å². The van der Waals surface area contributed by atoms with E-state index in [1.54, 1.807) is 11.3 Å². The van der Waals surface area contributed by atoms with E-state index in [2.05, 4.69) is 64.0 Å². The number of ether oxygens (including phenoxy) is 2. The highest BCUT2D eigenvalue weighted by Gasteiger charge is 2.43. The highest BCUT2D eigenvalue weighted by atomic mass is 35.5. The zero-order valence-electron chi connectivity index (χ0n) is 20.9. The molecule has 1 N–H and O–H groups in total. The number of nitrogens with zero attached hydrogens (tertiary/aromatic N) is 2. The van der Waals surface area contributed by atoms with Gasteiger partial charge in [-0.1, -0.05) is 41.5 Å². The van der Waals surface area contributed by atoms with Crippen molar-refractivity contribution in [2.45, 2.75) is 70.8 Å². The van der Waals surface area contributed by atoms with Gasteiger partial charge in [-0.2, -0.15) is 0 Å². The van der Waals surface area contributed by atoms with Gasteiger partial charge in [0.25, 0.3) is 0 Å². The van der Waals surface area contributed by atoms with Crippen molar-refractivity contribution >= 4 is 23.7 Å². The summed E-state index contributed by atoms with van der Waals surface area (Å²) in [6, 6.07) is 4.27. The third-order valence-electron chi connectivity index (χ3n) is 6.86. The second kappa shape index (κ2) is 9.82. The van der Waals surface area contributed by atoms with Crippen LogP contribution in [0.15, 0.2) is 17.5 Å². The van der Waals surface area contributed by atoms with Crippen LogP contribution < -0.4 is 0 Å². The molecule has 2 aliphatic rings. The molecule has 0 unspecified atom stereocenters. The number of aromatic hydroxyl groups is 1. The fraction of sp³-hybridized carbons (Fsp3) is 0.654. The summed E-state index contributed by atoms with van der Waals surface area (Å²) in [4.78, 5) is 7.80. The van der Waals surface area contributed by atoms with E-state index in [-0.39, 0.29) is 28.8 Å². The third-order valence-corrected chi connectivity index (χ3v) is 7.90. The molecular weight excluding hydrogens is 456 g/mol. The van der Waals surface area contributed by atoms with Crippen LogP contribution in [0, 0.1) is 0 Å². The number of benzene rings is 1. The SMILES string of the molecule is CC(C)(C)c1cc(-c2csc(C3(N4CCOCC4)CCOCC3)n2)cc(C(C)(C)C)c1O.Cl. The fourth-order valence-electron chi connectivity index (χ4n) is 4.91. The summed E-state index contributed by atoms with van der Waals surface area (Å²) >= 11 is 1.76. The van der Waals surface area contributed by atoms with Gasteiger partial charge in [0.1, 0.15) is 10.8 Å². The van der Waals surface area contributed by atoms with Crippen LogP contribution in [0.25, 0.3) is 11.3 Å². The lowest BCUT2D eigenvalue weighted by Gasteiger charge is -2.46. The topological polar surface area (TPSA) is 54.8 Å². The summed E-state index contributed by atoms with van der Waals surface area (Å²) in [5.74, 6) is 0.415. The molecule has 3 heterocycles. The molecule has 4 rings (SSSR count). The van der Waals surface area contributed by atoms with Gasteiger partial charge >= 0.3 is 0 Å². The number of halogens is 1. The van der Waals surface area contributed by atoms with Crippen molar-refractivity contribution < 1.29 is 14.6 Å². The summed E-state index contributed by atoms with van der Waals surface area (Å²) in [5, 5.41) is 14.5. The molecule has 2 aromatic rings. The Kier molecular flexibility index (Phi) is 7.87. The maximum Gasteiger partial charge on any atom is 0.123 e. The molecular formula is C26H39ClN2O3S. The summed E-state index contributed by atoms with van der Waals surface area (Å²) in [6.07, 6.45) is 1.94. The van der Waals surface area contributed by atoms with E-state index < -0.39 is 0 Å². The van der Waals surface area contributed by atoms with Gasteiger partial charge in [0.05, 0.1) is 24.4 Å². The molecule has 0 amide bonds. The van der Waals surface area contributed by atoms with Gasteiger partial charge < -0.3 is 14.6 Å². The molecule has 2 saturated heterocycles. The Morgan fingerprint density at radius 2 is 1.42 bits per heavy atom. The molecule has 2 aliphatic heterocycles. The molecule has 0 spiro atoms. The Bertz CT molecular complexity index is 914. The zero-order chi connectivity index (χ0) is 23.1. The first-order valence-corrected chi connectivity index (χ1v) is 12.7. The fourth-order valence-corrected chi connectivity index (χ4v) is 6.03. The predicted octanol–water partition coefficient (Wildman–Crippen LogP) is 5.87. The minimum Gasteiger partial charge on any atom is -0.507 e. The molecule has 5 nitrogen and oxygen atoms in total. The van der Waals surface area contributed by atoms with Crippen molar-refractivity contribution in [3.8, 4) is 17.0 Å². The van der Waals surface area contributed by atoms with Crippen LogP contribution in [-0.2, 0) is 25.8 Å². The van der Waals surface area contributed by atoms with Crippen LogP contribution >= 0.6 is 23.7 Å². The van der Waals surface area contributed by atoms with Gasteiger partial charge in [0.2, 0.25) is 0 Å². The summed E-state index contributed by atoms with van der Waals surface area (Å²) < 4.78 is 11.4. The van der Waals surface area contributed by atoms with E-state index in [9.17, 15) is 5.11 Å². The molecule has 1 aromatic heterocycles. The average molecular weight is 495 g/mol. The number of morpholine rings is 1. The quantitative estimate of drug-likeness (QED) is 0.578. The molecule has 0 saturated carbocycles. The molecule has 33 heavy (non-hydrogen) atoms. The Hall–Kier alpha value is -1.18.